The van der Waals surface area contributed by atoms with E-state index >= 15 is 0 Å². The van der Waals surface area contributed by atoms with Crippen LogP contribution in [0.25, 0.3) is 0 Å². The second-order valence-electron chi connectivity index (χ2n) is 7.62. The summed E-state index contributed by atoms with van der Waals surface area (Å²) in [6.07, 6.45) is 3.06. The predicted molar refractivity (Wildman–Crippen MR) is 102 cm³/mol. The number of halogens is 4. The summed E-state index contributed by atoms with van der Waals surface area (Å²) in [5, 5.41) is 8.65. The molecule has 6 heteroatoms. The molecule has 3 rings (SSSR count). The molecule has 0 spiro atoms. The van der Waals surface area contributed by atoms with E-state index in [9.17, 15) is 17.6 Å². The van der Waals surface area contributed by atoms with Crippen LogP contribution in [0, 0.1) is 28.9 Å². The number of nitriles is 1. The van der Waals surface area contributed by atoms with E-state index < -0.39 is 28.9 Å². The van der Waals surface area contributed by atoms with Gasteiger partial charge >= 0.3 is 6.11 Å². The molecule has 2 aromatic carbocycles. The lowest BCUT2D eigenvalue weighted by atomic mass is 9.77. The van der Waals surface area contributed by atoms with Crippen molar-refractivity contribution in [3.05, 3.63) is 64.7 Å². The molecule has 0 aromatic heterocycles. The van der Waals surface area contributed by atoms with Gasteiger partial charge in [-0.25, -0.2) is 8.78 Å². The average Bonchev–Trinajstić information content (AvgIpc) is 2.69. The Labute approximate surface area is 168 Å². The zero-order valence-electron chi connectivity index (χ0n) is 16.2. The molecule has 1 saturated carbocycles. The number of nitrogens with zero attached hydrogens (tertiary/aromatic N) is 1. The Balaban J connectivity index is 1.69. The fraction of sp³-hybridized carbons (Fsp3) is 0.435. The summed E-state index contributed by atoms with van der Waals surface area (Å²) in [6, 6.07) is 8.61. The number of rotatable bonds is 6. The third-order valence-corrected chi connectivity index (χ3v) is 5.63. The van der Waals surface area contributed by atoms with E-state index in [0.717, 1.165) is 24.3 Å². The summed E-state index contributed by atoms with van der Waals surface area (Å²) >= 11 is 0. The summed E-state index contributed by atoms with van der Waals surface area (Å²) in [5.41, 5.74) is -0.793. The lowest BCUT2D eigenvalue weighted by molar-refractivity contribution is -0.185. The van der Waals surface area contributed by atoms with E-state index in [-0.39, 0.29) is 5.75 Å². The first-order valence-electron chi connectivity index (χ1n) is 9.90. The van der Waals surface area contributed by atoms with Crippen LogP contribution in [-0.2, 0) is 6.11 Å². The summed E-state index contributed by atoms with van der Waals surface area (Å²) in [7, 11) is 0. The van der Waals surface area contributed by atoms with Crippen LogP contribution < -0.4 is 4.74 Å². The van der Waals surface area contributed by atoms with Gasteiger partial charge in [-0.2, -0.15) is 14.0 Å². The molecule has 1 fully saturated rings. The van der Waals surface area contributed by atoms with Crippen LogP contribution in [0.4, 0.5) is 17.6 Å². The molecular formula is C23H23F4NO. The molecule has 0 atom stereocenters. The fourth-order valence-electron chi connectivity index (χ4n) is 4.06. The van der Waals surface area contributed by atoms with Gasteiger partial charge in [-0.15, -0.1) is 0 Å². The Morgan fingerprint density at radius 2 is 1.62 bits per heavy atom. The minimum Gasteiger partial charge on any atom is -0.429 e. The Morgan fingerprint density at radius 3 is 2.14 bits per heavy atom. The van der Waals surface area contributed by atoms with E-state index in [4.69, 9.17) is 10.00 Å². The van der Waals surface area contributed by atoms with E-state index in [1.54, 1.807) is 12.1 Å². The van der Waals surface area contributed by atoms with Gasteiger partial charge in [0.15, 0.2) is 0 Å². The van der Waals surface area contributed by atoms with E-state index in [1.165, 1.54) is 43.9 Å². The van der Waals surface area contributed by atoms with Crippen molar-refractivity contribution in [1.82, 2.24) is 0 Å². The maximum Gasteiger partial charge on any atom is 0.426 e. The first-order valence-corrected chi connectivity index (χ1v) is 9.90. The van der Waals surface area contributed by atoms with Gasteiger partial charge in [0.1, 0.15) is 29.0 Å². The van der Waals surface area contributed by atoms with Crippen molar-refractivity contribution in [3.63, 3.8) is 0 Å². The maximum atomic E-state index is 14.4. The minimum atomic E-state index is -3.94. The van der Waals surface area contributed by atoms with Crippen molar-refractivity contribution < 1.29 is 22.3 Å². The molecule has 29 heavy (non-hydrogen) atoms. The highest BCUT2D eigenvalue weighted by molar-refractivity contribution is 5.37. The minimum absolute atomic E-state index is 0.0939. The summed E-state index contributed by atoms with van der Waals surface area (Å²) in [6.45, 7) is 2.20. The number of alkyl halides is 2. The molecule has 0 radical (unpaired) electrons. The van der Waals surface area contributed by atoms with Crippen LogP contribution in [0.15, 0.2) is 36.4 Å². The molecule has 0 heterocycles. The number of benzene rings is 2. The van der Waals surface area contributed by atoms with Gasteiger partial charge in [-0.3, -0.25) is 0 Å². The van der Waals surface area contributed by atoms with E-state index in [0.29, 0.717) is 18.1 Å². The van der Waals surface area contributed by atoms with Crippen LogP contribution in [0.5, 0.6) is 5.75 Å². The molecule has 1 aliphatic carbocycles. The van der Waals surface area contributed by atoms with Crippen LogP contribution in [-0.4, -0.2) is 0 Å². The summed E-state index contributed by atoms with van der Waals surface area (Å²) < 4.78 is 60.8. The molecule has 0 bridgehead atoms. The van der Waals surface area contributed by atoms with Gasteiger partial charge in [-0.05, 0) is 67.3 Å². The van der Waals surface area contributed by atoms with Crippen LogP contribution >= 0.6 is 0 Å². The highest BCUT2D eigenvalue weighted by Crippen LogP contribution is 2.39. The highest BCUT2D eigenvalue weighted by Gasteiger charge is 2.36. The van der Waals surface area contributed by atoms with Crippen LogP contribution in [0.1, 0.15) is 68.1 Å². The Morgan fingerprint density at radius 1 is 1.03 bits per heavy atom. The second-order valence-corrected chi connectivity index (χ2v) is 7.62. The van der Waals surface area contributed by atoms with E-state index in [2.05, 4.69) is 6.92 Å². The number of ether oxygens (including phenoxy) is 1. The zero-order chi connectivity index (χ0) is 21.0. The monoisotopic (exact) mass is 405 g/mol. The van der Waals surface area contributed by atoms with Gasteiger partial charge in [0.05, 0.1) is 5.56 Å². The third-order valence-electron chi connectivity index (χ3n) is 5.63. The molecule has 154 valence electrons. The smallest absolute Gasteiger partial charge is 0.426 e. The highest BCUT2D eigenvalue weighted by atomic mass is 19.3. The van der Waals surface area contributed by atoms with Gasteiger partial charge < -0.3 is 4.74 Å². The van der Waals surface area contributed by atoms with Gasteiger partial charge in [0.25, 0.3) is 0 Å². The maximum absolute atomic E-state index is 14.4. The summed E-state index contributed by atoms with van der Waals surface area (Å²) in [4.78, 5) is 0. The Kier molecular flexibility index (Phi) is 6.46. The zero-order valence-corrected chi connectivity index (χ0v) is 16.2. The summed E-state index contributed by atoms with van der Waals surface area (Å²) in [5.74, 6) is -1.59. The molecule has 1 aliphatic rings. The van der Waals surface area contributed by atoms with Crippen molar-refractivity contribution in [1.29, 1.82) is 5.26 Å². The Bertz CT molecular complexity index is 858. The quantitative estimate of drug-likeness (QED) is 0.483. The van der Waals surface area contributed by atoms with Crippen molar-refractivity contribution in [2.45, 2.75) is 57.5 Å². The normalized spacial score (nSPS) is 19.6. The lowest BCUT2D eigenvalue weighted by Gasteiger charge is -2.28. The van der Waals surface area contributed by atoms with Crippen LogP contribution in [0.2, 0.25) is 0 Å². The third kappa shape index (κ3) is 4.90. The first kappa shape index (κ1) is 21.2. The molecule has 0 N–H and O–H groups in total. The second kappa shape index (κ2) is 8.86. The molecule has 2 aromatic rings. The van der Waals surface area contributed by atoms with Crippen molar-refractivity contribution in [2.75, 3.05) is 0 Å². The predicted octanol–water partition coefficient (Wildman–Crippen LogP) is 7.04. The molecule has 0 amide bonds. The van der Waals surface area contributed by atoms with Gasteiger partial charge in [0, 0.05) is 0 Å². The molecule has 0 saturated heterocycles. The van der Waals surface area contributed by atoms with Crippen molar-refractivity contribution in [3.8, 4) is 11.8 Å². The largest absolute Gasteiger partial charge is 0.429 e. The SMILES string of the molecule is CCCC1CCC(c2ccc(OC(F)(F)c3cc(F)c(C#N)c(F)c3)cc2)CC1. The topological polar surface area (TPSA) is 33.0 Å². The van der Waals surface area contributed by atoms with Gasteiger partial charge in [-0.1, -0.05) is 31.9 Å². The van der Waals surface area contributed by atoms with Gasteiger partial charge in [0.2, 0.25) is 0 Å². The molecular weight excluding hydrogens is 382 g/mol. The first-order chi connectivity index (χ1) is 13.8. The van der Waals surface area contributed by atoms with Crippen LogP contribution in [0.3, 0.4) is 0 Å². The van der Waals surface area contributed by atoms with E-state index in [1.807, 2.05) is 0 Å². The average molecular weight is 405 g/mol. The van der Waals surface area contributed by atoms with Crippen molar-refractivity contribution >= 4 is 0 Å². The standard InChI is InChI=1S/C23H23F4NO/c1-2-3-15-4-6-16(7-5-15)17-8-10-19(11-9-17)29-23(26,27)18-12-21(24)20(14-28)22(25)13-18/h8-13,15-16H,2-7H2,1H3. The number of hydrogen-bond acceptors (Lipinski definition) is 2. The molecule has 0 aliphatic heterocycles. The molecule has 2 nitrogen and oxygen atoms in total. The fourth-order valence-corrected chi connectivity index (χ4v) is 4.06. The Hall–Kier alpha value is -2.55. The van der Waals surface area contributed by atoms with Crippen molar-refractivity contribution in [2.24, 2.45) is 5.92 Å². The lowest BCUT2D eigenvalue weighted by Crippen LogP contribution is -2.22. The molecule has 0 unspecified atom stereocenters. The number of hydrogen-bond donors (Lipinski definition) is 0.